The Morgan fingerprint density at radius 3 is 2.82 bits per heavy atom. The van der Waals surface area contributed by atoms with Gasteiger partial charge in [0.15, 0.2) is 0 Å². The van der Waals surface area contributed by atoms with E-state index < -0.39 is 0 Å². The smallest absolute Gasteiger partial charge is 0.0579 e. The highest BCUT2D eigenvalue weighted by molar-refractivity contribution is 7.99. The third-order valence-corrected chi connectivity index (χ3v) is 7.62. The summed E-state index contributed by atoms with van der Waals surface area (Å²) in [6, 6.07) is 16.4. The lowest BCUT2D eigenvalue weighted by molar-refractivity contribution is 0.0924. The Bertz CT molecular complexity index is 716. The zero-order valence-corrected chi connectivity index (χ0v) is 17.9. The molecule has 4 rings (SSSR count). The second-order valence-corrected chi connectivity index (χ2v) is 9.74. The normalized spacial score (nSPS) is 23.9. The molecule has 2 fully saturated rings. The van der Waals surface area contributed by atoms with Crippen molar-refractivity contribution in [1.29, 1.82) is 0 Å². The topological polar surface area (TPSA) is 21.3 Å². The first-order valence-corrected chi connectivity index (χ1v) is 12.4. The van der Waals surface area contributed by atoms with Gasteiger partial charge in [-0.15, -0.1) is 0 Å². The van der Waals surface area contributed by atoms with Crippen LogP contribution in [0.2, 0.25) is 0 Å². The minimum atomic E-state index is 0.487. The Labute approximate surface area is 174 Å². The van der Waals surface area contributed by atoms with Crippen LogP contribution in [-0.2, 0) is 11.2 Å². The fourth-order valence-electron chi connectivity index (χ4n) is 4.84. The maximum atomic E-state index is 5.99. The molecule has 28 heavy (non-hydrogen) atoms. The molecular formula is C25H35NOS. The summed E-state index contributed by atoms with van der Waals surface area (Å²) >= 11 is 2.17. The molecule has 3 unspecified atom stereocenters. The Hall–Kier alpha value is -1.03. The monoisotopic (exact) mass is 397 g/mol. The van der Waals surface area contributed by atoms with Gasteiger partial charge in [0.25, 0.3) is 0 Å². The van der Waals surface area contributed by atoms with E-state index in [1.165, 1.54) is 85.8 Å². The van der Waals surface area contributed by atoms with Crippen molar-refractivity contribution in [3.8, 4) is 0 Å². The van der Waals surface area contributed by atoms with Crippen LogP contribution in [0.1, 0.15) is 50.5 Å². The summed E-state index contributed by atoms with van der Waals surface area (Å²) in [5.74, 6) is 3.25. The number of benzene rings is 2. The summed E-state index contributed by atoms with van der Waals surface area (Å²) in [4.78, 5) is 0. The van der Waals surface area contributed by atoms with Crippen LogP contribution in [0.5, 0.6) is 0 Å². The molecule has 2 nitrogen and oxygen atoms in total. The van der Waals surface area contributed by atoms with Crippen molar-refractivity contribution < 1.29 is 4.74 Å². The van der Waals surface area contributed by atoms with E-state index in [1.807, 2.05) is 0 Å². The molecule has 2 aliphatic rings. The highest BCUT2D eigenvalue weighted by atomic mass is 32.2. The molecule has 2 aromatic carbocycles. The molecule has 0 aromatic heterocycles. The van der Waals surface area contributed by atoms with E-state index in [9.17, 15) is 0 Å². The van der Waals surface area contributed by atoms with Crippen molar-refractivity contribution in [2.75, 3.05) is 24.7 Å². The van der Waals surface area contributed by atoms with Gasteiger partial charge in [0, 0.05) is 12.6 Å². The van der Waals surface area contributed by atoms with Crippen LogP contribution in [0.25, 0.3) is 10.8 Å². The molecule has 1 N–H and O–H groups in total. The average Bonchev–Trinajstić information content (AvgIpc) is 3.25. The second-order valence-electron chi connectivity index (χ2n) is 8.59. The lowest BCUT2D eigenvalue weighted by atomic mass is 9.91. The third kappa shape index (κ3) is 5.75. The van der Waals surface area contributed by atoms with Crippen molar-refractivity contribution in [1.82, 2.24) is 5.32 Å². The van der Waals surface area contributed by atoms with Crippen LogP contribution in [0, 0.1) is 5.92 Å². The molecule has 2 heterocycles. The van der Waals surface area contributed by atoms with E-state index >= 15 is 0 Å². The molecule has 0 radical (unpaired) electrons. The number of hydrogen-bond acceptors (Lipinski definition) is 3. The van der Waals surface area contributed by atoms with Crippen LogP contribution in [0.4, 0.5) is 0 Å². The average molecular weight is 398 g/mol. The number of thioether (sulfide) groups is 1. The lowest BCUT2D eigenvalue weighted by Crippen LogP contribution is -2.34. The number of ether oxygens (including phenoxy) is 1. The van der Waals surface area contributed by atoms with E-state index in [1.54, 1.807) is 0 Å². The summed E-state index contributed by atoms with van der Waals surface area (Å²) < 4.78 is 5.99. The Morgan fingerprint density at radius 2 is 1.96 bits per heavy atom. The van der Waals surface area contributed by atoms with Crippen LogP contribution < -0.4 is 5.32 Å². The molecule has 3 heteroatoms. The minimum Gasteiger partial charge on any atom is -0.378 e. The van der Waals surface area contributed by atoms with E-state index in [0.717, 1.165) is 12.6 Å². The SMILES string of the molecule is c1ccc2c(CC(CSCCC3CCCCN3)CC3CCCO3)cccc2c1. The zero-order valence-electron chi connectivity index (χ0n) is 17.1. The van der Waals surface area contributed by atoms with Gasteiger partial charge in [-0.1, -0.05) is 48.9 Å². The van der Waals surface area contributed by atoms with Crippen LogP contribution in [-0.4, -0.2) is 36.8 Å². The number of fused-ring (bicyclic) bond motifs is 1. The van der Waals surface area contributed by atoms with Crippen molar-refractivity contribution >= 4 is 22.5 Å². The third-order valence-electron chi connectivity index (χ3n) is 6.39. The largest absolute Gasteiger partial charge is 0.378 e. The van der Waals surface area contributed by atoms with Crippen LogP contribution in [0.3, 0.4) is 0 Å². The molecule has 0 aliphatic carbocycles. The Kier molecular flexibility index (Phi) is 7.71. The molecule has 0 bridgehead atoms. The van der Waals surface area contributed by atoms with E-state index in [2.05, 4.69) is 59.5 Å². The van der Waals surface area contributed by atoms with E-state index in [4.69, 9.17) is 4.74 Å². The number of piperidine rings is 1. The fraction of sp³-hybridized carbons (Fsp3) is 0.600. The molecule has 0 spiro atoms. The molecule has 0 saturated carbocycles. The van der Waals surface area contributed by atoms with E-state index in [-0.39, 0.29) is 0 Å². The van der Waals surface area contributed by atoms with Crippen molar-refractivity contribution in [3.05, 3.63) is 48.0 Å². The lowest BCUT2D eigenvalue weighted by Gasteiger charge is -2.24. The zero-order chi connectivity index (χ0) is 19.0. The maximum Gasteiger partial charge on any atom is 0.0579 e. The first-order chi connectivity index (χ1) is 13.9. The van der Waals surface area contributed by atoms with Gasteiger partial charge in [0.1, 0.15) is 0 Å². The molecule has 2 aromatic rings. The quantitative estimate of drug-likeness (QED) is 0.538. The highest BCUT2D eigenvalue weighted by Gasteiger charge is 2.22. The summed E-state index contributed by atoms with van der Waals surface area (Å²) in [5.41, 5.74) is 1.51. The number of hydrogen-bond donors (Lipinski definition) is 1. The Balaban J connectivity index is 1.35. The van der Waals surface area contributed by atoms with Gasteiger partial charge in [-0.2, -0.15) is 11.8 Å². The summed E-state index contributed by atoms with van der Waals surface area (Å²) in [6.45, 7) is 2.18. The predicted molar refractivity (Wildman–Crippen MR) is 122 cm³/mol. The molecule has 2 saturated heterocycles. The predicted octanol–water partition coefficient (Wildman–Crippen LogP) is 5.83. The molecule has 152 valence electrons. The summed E-state index contributed by atoms with van der Waals surface area (Å²) in [6.07, 6.45) is 10.8. The van der Waals surface area contributed by atoms with Gasteiger partial charge < -0.3 is 10.1 Å². The molecular weight excluding hydrogens is 362 g/mol. The number of rotatable bonds is 9. The highest BCUT2D eigenvalue weighted by Crippen LogP contribution is 2.28. The fourth-order valence-corrected chi connectivity index (χ4v) is 6.04. The van der Waals surface area contributed by atoms with E-state index in [0.29, 0.717) is 12.0 Å². The molecule has 0 amide bonds. The minimum absolute atomic E-state index is 0.487. The molecule has 3 atom stereocenters. The first kappa shape index (κ1) is 20.3. The summed E-state index contributed by atoms with van der Waals surface area (Å²) in [5, 5.41) is 6.49. The van der Waals surface area contributed by atoms with Gasteiger partial charge in [-0.3, -0.25) is 0 Å². The standard InChI is InChI=1S/C25H35NOS/c1-2-12-25-21(7-1)8-5-9-22(25)17-20(18-24-11-6-15-27-24)19-28-16-13-23-10-3-4-14-26-23/h1-2,5,7-9,12,20,23-24,26H,3-4,6,10-11,13-19H2. The molecule has 2 aliphatic heterocycles. The maximum absolute atomic E-state index is 5.99. The summed E-state index contributed by atoms with van der Waals surface area (Å²) in [7, 11) is 0. The van der Waals surface area contributed by atoms with Gasteiger partial charge in [0.2, 0.25) is 0 Å². The van der Waals surface area contributed by atoms with Crippen molar-refractivity contribution in [2.24, 2.45) is 5.92 Å². The van der Waals surface area contributed by atoms with Crippen molar-refractivity contribution in [3.63, 3.8) is 0 Å². The van der Waals surface area contributed by atoms with Gasteiger partial charge in [-0.05, 0) is 85.3 Å². The first-order valence-electron chi connectivity index (χ1n) is 11.3. The van der Waals surface area contributed by atoms with Crippen LogP contribution in [0.15, 0.2) is 42.5 Å². The van der Waals surface area contributed by atoms with Crippen LogP contribution >= 0.6 is 11.8 Å². The second kappa shape index (κ2) is 10.7. The van der Waals surface area contributed by atoms with Gasteiger partial charge in [-0.25, -0.2) is 0 Å². The van der Waals surface area contributed by atoms with Gasteiger partial charge in [0.05, 0.1) is 6.10 Å². The number of nitrogens with one attached hydrogen (secondary N) is 1. The Morgan fingerprint density at radius 1 is 1.04 bits per heavy atom. The van der Waals surface area contributed by atoms with Gasteiger partial charge >= 0.3 is 0 Å². The van der Waals surface area contributed by atoms with Crippen molar-refractivity contribution in [2.45, 2.75) is 63.5 Å².